The number of nitrogens with one attached hydrogen (secondary N) is 1. The summed E-state index contributed by atoms with van der Waals surface area (Å²) in [5, 5.41) is 13.7. The van der Waals surface area contributed by atoms with E-state index in [0.29, 0.717) is 17.7 Å². The van der Waals surface area contributed by atoms with Crippen molar-refractivity contribution >= 4 is 27.4 Å². The average Bonchev–Trinajstić information content (AvgIpc) is 2.78. The lowest BCUT2D eigenvalue weighted by Gasteiger charge is -2.26. The predicted molar refractivity (Wildman–Crippen MR) is 81.9 cm³/mol. The Balaban J connectivity index is 1.84. The van der Waals surface area contributed by atoms with Crippen LogP contribution in [0.15, 0.2) is 30.5 Å². The fraction of sp³-hybridized carbons (Fsp3) is 0.286. The Morgan fingerprint density at radius 3 is 2.86 bits per heavy atom. The zero-order chi connectivity index (χ0) is 15.0. The summed E-state index contributed by atoms with van der Waals surface area (Å²) in [6.45, 7) is 0. The maximum absolute atomic E-state index is 12.2. The monoisotopic (exact) mass is 308 g/mol. The highest BCUT2D eigenvalue weighted by molar-refractivity contribution is 8.24. The van der Waals surface area contributed by atoms with Crippen molar-refractivity contribution in [2.24, 2.45) is 0 Å². The maximum atomic E-state index is 12.2. The van der Waals surface area contributed by atoms with E-state index in [9.17, 15) is 19.0 Å². The molecule has 1 atom stereocenters. The van der Waals surface area contributed by atoms with Crippen molar-refractivity contribution in [2.75, 3.05) is 11.5 Å². The molecule has 1 aromatic carbocycles. The van der Waals surface area contributed by atoms with E-state index in [4.69, 9.17) is 0 Å². The van der Waals surface area contributed by atoms with Crippen molar-refractivity contribution in [1.82, 2.24) is 10.3 Å². The number of phenolic OH excluding ortho intramolecular Hbond substituents is 1. The number of phenols is 1. The molecule has 0 aliphatic carbocycles. The summed E-state index contributed by atoms with van der Waals surface area (Å²) in [5.41, 5.74) is 0.519. The third-order valence-electron chi connectivity index (χ3n) is 3.59. The summed E-state index contributed by atoms with van der Waals surface area (Å²) in [6.07, 6.45) is 2.08. The molecule has 1 saturated heterocycles. The number of hydrogen-bond acceptors (Lipinski definition) is 5. The molecule has 7 heteroatoms. The van der Waals surface area contributed by atoms with Crippen LogP contribution in [0.3, 0.4) is 0 Å². The molecule has 2 aromatic rings. The second-order valence-electron chi connectivity index (χ2n) is 5.17. The molecule has 21 heavy (non-hydrogen) atoms. The zero-order valence-electron chi connectivity index (χ0n) is 11.2. The van der Waals surface area contributed by atoms with Crippen molar-refractivity contribution in [3.05, 3.63) is 36.0 Å². The minimum absolute atomic E-state index is 0.143. The molecule has 1 unspecified atom stereocenters. The van der Waals surface area contributed by atoms with Crippen LogP contribution in [-0.4, -0.2) is 42.7 Å². The third kappa shape index (κ3) is 2.80. The number of carbonyl (C=O) groups is 1. The van der Waals surface area contributed by atoms with E-state index < -0.39 is 16.5 Å². The van der Waals surface area contributed by atoms with Gasteiger partial charge in [0.05, 0.1) is 11.3 Å². The molecule has 0 radical (unpaired) electrons. The van der Waals surface area contributed by atoms with Gasteiger partial charge in [-0.25, -0.2) is 0 Å². The molecule has 1 fully saturated rings. The molecule has 0 bridgehead atoms. The molecule has 4 N–H and O–H groups in total. The van der Waals surface area contributed by atoms with Crippen LogP contribution in [0.25, 0.3) is 10.9 Å². The number of nitrogens with zero attached hydrogens (tertiary/aromatic N) is 1. The number of carbonyl (C=O) groups excluding carboxylic acids is 1. The summed E-state index contributed by atoms with van der Waals surface area (Å²) in [4.78, 5) is 16.3. The molecule has 1 aliphatic rings. The van der Waals surface area contributed by atoms with Crippen molar-refractivity contribution < 1.29 is 19.0 Å². The summed E-state index contributed by atoms with van der Waals surface area (Å²) < 4.78 is 19.1. The lowest BCUT2D eigenvalue weighted by atomic mass is 10.1. The first kappa shape index (κ1) is 14.1. The van der Waals surface area contributed by atoms with Gasteiger partial charge in [-0.3, -0.25) is 18.9 Å². The number of aromatic nitrogens is 1. The van der Waals surface area contributed by atoms with E-state index in [1.807, 2.05) is 0 Å². The zero-order valence-corrected chi connectivity index (χ0v) is 12.0. The normalized spacial score (nSPS) is 22.1. The van der Waals surface area contributed by atoms with Gasteiger partial charge in [0.15, 0.2) is 5.75 Å². The Bertz CT molecular complexity index is 704. The van der Waals surface area contributed by atoms with E-state index in [0.717, 1.165) is 5.39 Å². The van der Waals surface area contributed by atoms with Crippen LogP contribution in [0.1, 0.15) is 16.8 Å². The van der Waals surface area contributed by atoms with E-state index in [-0.39, 0.29) is 23.1 Å². The van der Waals surface area contributed by atoms with E-state index >= 15 is 0 Å². The van der Waals surface area contributed by atoms with Crippen LogP contribution in [-0.2, 0) is 0 Å². The quantitative estimate of drug-likeness (QED) is 0.681. The molecule has 1 aromatic heterocycles. The number of hydrogen-bond donors (Lipinski definition) is 4. The minimum Gasteiger partial charge on any atom is -0.505 e. The van der Waals surface area contributed by atoms with Gasteiger partial charge in [-0.05, 0) is 18.6 Å². The largest absolute Gasteiger partial charge is 0.505 e. The maximum Gasteiger partial charge on any atom is 0.255 e. The molecular weight excluding hydrogens is 292 g/mol. The molecule has 0 saturated carbocycles. The van der Waals surface area contributed by atoms with E-state index in [1.54, 1.807) is 30.5 Å². The van der Waals surface area contributed by atoms with Gasteiger partial charge in [-0.15, -0.1) is 0 Å². The molecule has 112 valence electrons. The Morgan fingerprint density at radius 2 is 2.14 bits per heavy atom. The Hall–Kier alpha value is -1.83. The van der Waals surface area contributed by atoms with Gasteiger partial charge in [-0.1, -0.05) is 12.1 Å². The molecule has 3 rings (SSSR count). The van der Waals surface area contributed by atoms with Gasteiger partial charge in [0.25, 0.3) is 5.91 Å². The Kier molecular flexibility index (Phi) is 3.48. The summed E-state index contributed by atoms with van der Waals surface area (Å²) in [5.74, 6) is -0.105. The third-order valence-corrected chi connectivity index (χ3v) is 5.41. The first-order valence-corrected chi connectivity index (χ1v) is 8.46. The molecule has 2 heterocycles. The number of aromatic hydroxyl groups is 1. The lowest BCUT2D eigenvalue weighted by molar-refractivity contribution is 0.0938. The van der Waals surface area contributed by atoms with E-state index in [1.165, 1.54) is 0 Å². The van der Waals surface area contributed by atoms with Gasteiger partial charge in [0, 0.05) is 23.4 Å². The van der Waals surface area contributed by atoms with Crippen molar-refractivity contribution in [1.29, 1.82) is 0 Å². The molecular formula is C14H16N2O4S. The van der Waals surface area contributed by atoms with Gasteiger partial charge in [-0.2, -0.15) is 10.6 Å². The van der Waals surface area contributed by atoms with E-state index in [2.05, 4.69) is 10.3 Å². The highest BCUT2D eigenvalue weighted by Crippen LogP contribution is 2.45. The van der Waals surface area contributed by atoms with Gasteiger partial charge in [0.2, 0.25) is 0 Å². The molecule has 6 nitrogen and oxygen atoms in total. The Labute approximate surface area is 123 Å². The standard InChI is InChI=1S/C14H16N2O4S/c17-13-11(4-3-9-2-1-6-15-12(9)13)14(18)16-10-5-7-21(19,20)8-10/h1-4,6,10,17,19-20H,5,7-8H2,(H,16,18). The predicted octanol–water partition coefficient (Wildman–Crippen LogP) is 2.19. The highest BCUT2D eigenvalue weighted by atomic mass is 32.3. The topological polar surface area (TPSA) is 103 Å². The lowest BCUT2D eigenvalue weighted by Crippen LogP contribution is -2.35. The van der Waals surface area contributed by atoms with Crippen LogP contribution in [0.5, 0.6) is 5.75 Å². The second-order valence-corrected chi connectivity index (χ2v) is 7.51. The molecule has 0 spiro atoms. The van der Waals surface area contributed by atoms with Crippen molar-refractivity contribution in [3.8, 4) is 5.75 Å². The minimum atomic E-state index is -2.56. The number of amides is 1. The summed E-state index contributed by atoms with van der Waals surface area (Å²) in [7, 11) is -2.56. The number of pyridine rings is 1. The van der Waals surface area contributed by atoms with Crippen LogP contribution in [0, 0.1) is 0 Å². The number of fused-ring (bicyclic) bond motifs is 1. The van der Waals surface area contributed by atoms with Crippen LogP contribution in [0.2, 0.25) is 0 Å². The van der Waals surface area contributed by atoms with Gasteiger partial charge < -0.3 is 10.4 Å². The summed E-state index contributed by atoms with van der Waals surface area (Å²) >= 11 is 0. The van der Waals surface area contributed by atoms with Crippen molar-refractivity contribution in [3.63, 3.8) is 0 Å². The van der Waals surface area contributed by atoms with Crippen LogP contribution < -0.4 is 5.32 Å². The SMILES string of the molecule is O=C(NC1CCS(O)(O)C1)c1ccc2cccnc2c1O. The van der Waals surface area contributed by atoms with Gasteiger partial charge in [0.1, 0.15) is 5.52 Å². The van der Waals surface area contributed by atoms with Crippen molar-refractivity contribution in [2.45, 2.75) is 12.5 Å². The smallest absolute Gasteiger partial charge is 0.255 e. The first-order chi connectivity index (χ1) is 9.96. The van der Waals surface area contributed by atoms with Gasteiger partial charge >= 0.3 is 0 Å². The number of benzene rings is 1. The molecule has 1 aliphatic heterocycles. The number of rotatable bonds is 2. The highest BCUT2D eigenvalue weighted by Gasteiger charge is 2.30. The summed E-state index contributed by atoms with van der Waals surface area (Å²) in [6, 6.07) is 6.54. The fourth-order valence-corrected chi connectivity index (χ4v) is 4.23. The Morgan fingerprint density at radius 1 is 1.33 bits per heavy atom. The second kappa shape index (κ2) is 5.18. The fourth-order valence-electron chi connectivity index (χ4n) is 2.51. The average molecular weight is 308 g/mol. The van der Waals surface area contributed by atoms with Crippen LogP contribution >= 0.6 is 10.6 Å². The molecule has 1 amide bonds. The van der Waals surface area contributed by atoms with Crippen LogP contribution in [0.4, 0.5) is 0 Å². The first-order valence-electron chi connectivity index (χ1n) is 6.57.